The minimum atomic E-state index is -4.60. The van der Waals surface area contributed by atoms with Gasteiger partial charge in [0.25, 0.3) is 0 Å². The molecule has 7 nitrogen and oxygen atoms in total. The average molecular weight is 628 g/mol. The Hall–Kier alpha value is -2.39. The van der Waals surface area contributed by atoms with Gasteiger partial charge in [-0.25, -0.2) is 9.56 Å². The Morgan fingerprint density at radius 2 is 1.49 bits per heavy atom. The fourth-order valence-corrected chi connectivity index (χ4v) is 6.41. The van der Waals surface area contributed by atoms with Crippen molar-refractivity contribution in [3.63, 3.8) is 0 Å². The van der Waals surface area contributed by atoms with Crippen LogP contribution in [0.4, 0.5) is 13.2 Å². The summed E-state index contributed by atoms with van der Waals surface area (Å²) < 4.78 is 84.2. The van der Waals surface area contributed by atoms with Gasteiger partial charge in [0, 0.05) is 13.3 Å². The van der Waals surface area contributed by atoms with Crippen LogP contribution in [-0.4, -0.2) is 42.5 Å². The van der Waals surface area contributed by atoms with E-state index in [2.05, 4.69) is 11.9 Å². The van der Waals surface area contributed by atoms with Gasteiger partial charge >= 0.3 is 14.0 Å². The first-order chi connectivity index (χ1) is 19.8. The van der Waals surface area contributed by atoms with E-state index in [1.807, 2.05) is 24.3 Å². The van der Waals surface area contributed by atoms with E-state index in [-0.39, 0.29) is 38.4 Å². The van der Waals surface area contributed by atoms with Crippen molar-refractivity contribution in [2.45, 2.75) is 104 Å². The highest BCUT2D eigenvalue weighted by Gasteiger charge is 2.43. The smallest absolute Gasteiger partial charge is 0.475 e. The van der Waals surface area contributed by atoms with Gasteiger partial charge in [-0.3, -0.25) is 13.6 Å². The molecule has 2 aromatic carbocycles. The van der Waals surface area contributed by atoms with Gasteiger partial charge in [-0.05, 0) is 89.6 Å². The molecule has 0 radical (unpaired) electrons. The highest BCUT2D eigenvalue weighted by Crippen LogP contribution is 2.56. The molecule has 2 aromatic rings. The molecule has 0 N–H and O–H groups in total. The number of alkyl halides is 3. The van der Waals surface area contributed by atoms with Crippen molar-refractivity contribution in [3.05, 3.63) is 64.7 Å². The highest BCUT2D eigenvalue weighted by molar-refractivity contribution is 7.48. The molecule has 1 aliphatic rings. The van der Waals surface area contributed by atoms with Crippen molar-refractivity contribution >= 4 is 13.7 Å². The number of benzene rings is 2. The fraction of sp³-hybridized carbons (Fsp3) is 0.594. The molecular weight excluding hydrogens is 582 g/mol. The summed E-state index contributed by atoms with van der Waals surface area (Å²) in [7, 11) is -4.04. The summed E-state index contributed by atoms with van der Waals surface area (Å²) in [6.45, 7) is 14.2. The predicted molar refractivity (Wildman–Crippen MR) is 162 cm³/mol. The second kappa shape index (κ2) is 13.7. The number of rotatable bonds is 13. The largest absolute Gasteiger partial charge is 0.493 e. The zero-order chi connectivity index (χ0) is 32.1. The number of phosphoric ester groups is 1. The first-order valence-electron chi connectivity index (χ1n) is 14.6. The van der Waals surface area contributed by atoms with E-state index in [9.17, 15) is 17.7 Å². The van der Waals surface area contributed by atoms with Crippen LogP contribution in [0.5, 0.6) is 5.75 Å². The summed E-state index contributed by atoms with van der Waals surface area (Å²) >= 11 is 0. The van der Waals surface area contributed by atoms with Gasteiger partial charge in [-0.2, -0.15) is 13.2 Å². The molecule has 3 rings (SSSR count). The summed E-state index contributed by atoms with van der Waals surface area (Å²) in [5.74, 6) is 0.202. The maximum absolute atomic E-state index is 14.1. The number of aliphatic imine (C=N–C) groups is 1. The molecule has 1 unspecified atom stereocenters. The van der Waals surface area contributed by atoms with Gasteiger partial charge in [0.05, 0.1) is 30.0 Å². The minimum Gasteiger partial charge on any atom is -0.493 e. The lowest BCUT2D eigenvalue weighted by Gasteiger charge is -2.33. The molecule has 0 aliphatic carbocycles. The van der Waals surface area contributed by atoms with Crippen LogP contribution in [0.15, 0.2) is 47.5 Å². The normalized spacial score (nSPS) is 18.0. The number of halogens is 3. The summed E-state index contributed by atoms with van der Waals surface area (Å²) in [6.07, 6.45) is -2.67. The number of nitrogens with zero attached hydrogens (tertiary/aromatic N) is 1. The second-order valence-electron chi connectivity index (χ2n) is 12.9. The Kier molecular flexibility index (Phi) is 11.2. The van der Waals surface area contributed by atoms with E-state index in [1.54, 1.807) is 54.5 Å². The van der Waals surface area contributed by atoms with Crippen LogP contribution in [0.25, 0.3) is 0 Å². The lowest BCUT2D eigenvalue weighted by atomic mass is 9.93. The molecule has 11 heteroatoms. The molecule has 1 aliphatic heterocycles. The maximum Gasteiger partial charge on any atom is 0.475 e. The third-order valence-corrected chi connectivity index (χ3v) is 8.50. The molecule has 240 valence electrons. The third-order valence-electron chi connectivity index (χ3n) is 6.51. The van der Waals surface area contributed by atoms with Crippen molar-refractivity contribution in [1.82, 2.24) is 0 Å². The zero-order valence-electron chi connectivity index (χ0n) is 26.5. The van der Waals surface area contributed by atoms with Crippen LogP contribution in [0.3, 0.4) is 0 Å². The van der Waals surface area contributed by atoms with Crippen molar-refractivity contribution in [2.24, 2.45) is 4.99 Å². The third kappa shape index (κ3) is 11.2. The summed E-state index contributed by atoms with van der Waals surface area (Å²) in [5, 5.41) is 0. The van der Waals surface area contributed by atoms with Crippen LogP contribution >= 0.6 is 7.82 Å². The molecule has 1 heterocycles. The first kappa shape index (κ1) is 35.1. The molecule has 0 saturated heterocycles. The fourth-order valence-electron chi connectivity index (χ4n) is 4.53. The van der Waals surface area contributed by atoms with Crippen LogP contribution in [-0.2, 0) is 48.3 Å². The minimum absolute atomic E-state index is 0.118. The van der Waals surface area contributed by atoms with Crippen LogP contribution in [0.2, 0.25) is 0 Å². The van der Waals surface area contributed by atoms with Crippen LogP contribution in [0, 0.1) is 0 Å². The molecular formula is C32H45F3NO6P. The van der Waals surface area contributed by atoms with E-state index >= 15 is 0 Å². The number of hydrogen-bond donors (Lipinski definition) is 0. The Bertz CT molecular complexity index is 1280. The first-order valence-corrected chi connectivity index (χ1v) is 16.0. The van der Waals surface area contributed by atoms with E-state index in [0.717, 1.165) is 18.1 Å². The summed E-state index contributed by atoms with van der Waals surface area (Å²) in [4.78, 5) is 4.59. The molecule has 0 saturated carbocycles. The number of phosphoric acid groups is 1. The monoisotopic (exact) mass is 627 g/mol. The molecule has 0 fully saturated rings. The molecule has 0 bridgehead atoms. The standard InChI is InChI=1S/C32H45F3NO6P/c1-9-24-10-12-25(13-11-24)17-19-38-28-15-14-26(20-27(28)32(33,34)35)16-18-31(21-39-23(2)36-31)22-40-43(37,41-29(3,4)5)42-30(6,7)8/h10-15,20H,9,16-19,21-22H2,1-8H3. The van der Waals surface area contributed by atoms with Crippen molar-refractivity contribution in [2.75, 3.05) is 19.8 Å². The Morgan fingerprint density at radius 1 is 0.907 bits per heavy atom. The Morgan fingerprint density at radius 3 is 2.00 bits per heavy atom. The topological polar surface area (TPSA) is 75.6 Å². The van der Waals surface area contributed by atoms with Gasteiger partial charge < -0.3 is 9.47 Å². The quantitative estimate of drug-likeness (QED) is 0.207. The second-order valence-corrected chi connectivity index (χ2v) is 14.4. The van der Waals surface area contributed by atoms with Crippen molar-refractivity contribution in [3.8, 4) is 5.75 Å². The van der Waals surface area contributed by atoms with Crippen molar-refractivity contribution < 1.29 is 40.8 Å². The van der Waals surface area contributed by atoms with Crippen LogP contribution in [0.1, 0.15) is 84.1 Å². The lowest BCUT2D eigenvalue weighted by Crippen LogP contribution is -2.36. The molecule has 1 atom stereocenters. The van der Waals surface area contributed by atoms with Gasteiger partial charge in [-0.1, -0.05) is 37.3 Å². The van der Waals surface area contributed by atoms with E-state index < -0.39 is 36.3 Å². The maximum atomic E-state index is 14.1. The average Bonchev–Trinajstić information content (AvgIpc) is 3.25. The molecule has 0 aromatic heterocycles. The number of aryl methyl sites for hydroxylation is 2. The highest BCUT2D eigenvalue weighted by atomic mass is 31.2. The number of ether oxygens (including phenoxy) is 2. The van der Waals surface area contributed by atoms with Crippen molar-refractivity contribution in [1.29, 1.82) is 0 Å². The number of hydrogen-bond acceptors (Lipinski definition) is 7. The Labute approximate surface area is 253 Å². The summed E-state index contributed by atoms with van der Waals surface area (Å²) in [5.41, 5.74) is -0.815. The van der Waals surface area contributed by atoms with E-state index in [1.165, 1.54) is 11.6 Å². The predicted octanol–water partition coefficient (Wildman–Crippen LogP) is 8.76. The molecule has 43 heavy (non-hydrogen) atoms. The SMILES string of the molecule is CCc1ccc(CCOc2ccc(CCC3(COP(=O)(OC(C)(C)C)OC(C)(C)C)COC(C)=N3)cc2C(F)(F)F)cc1. The Balaban J connectivity index is 1.73. The van der Waals surface area contributed by atoms with E-state index in [0.29, 0.717) is 17.9 Å². The van der Waals surface area contributed by atoms with Gasteiger partial charge in [0.15, 0.2) is 5.90 Å². The lowest BCUT2D eigenvalue weighted by molar-refractivity contribution is -0.139. The zero-order valence-corrected chi connectivity index (χ0v) is 27.4. The van der Waals surface area contributed by atoms with E-state index in [4.69, 9.17) is 23.0 Å². The van der Waals surface area contributed by atoms with Crippen LogP contribution < -0.4 is 4.74 Å². The molecule has 0 amide bonds. The van der Waals surface area contributed by atoms with Gasteiger partial charge in [0.1, 0.15) is 17.9 Å². The summed E-state index contributed by atoms with van der Waals surface area (Å²) in [6, 6.07) is 12.1. The molecule has 0 spiro atoms. The van der Waals surface area contributed by atoms with Gasteiger partial charge in [0.2, 0.25) is 0 Å². The van der Waals surface area contributed by atoms with Gasteiger partial charge in [-0.15, -0.1) is 0 Å².